The lowest BCUT2D eigenvalue weighted by Crippen LogP contribution is -1.41. The average Bonchev–Trinajstić information content (AvgIpc) is 3.31. The van der Waals surface area contributed by atoms with Crippen LogP contribution >= 0.6 is 0 Å². The molecule has 0 saturated heterocycles. The topological polar surface area (TPSA) is 0 Å². The van der Waals surface area contributed by atoms with Crippen molar-refractivity contribution < 1.29 is 0 Å². The SMILES string of the molecule is S=S=S=S=S=S=S=S=S=S=S=S=S=S=S=S=S=S=S=S=S=S=S=S=S=S=S=S=S=S=S=S=S=S=S=S=S=S=S=S=S=S=S=S=S=S=S=S=S=S=S=S=S=S=S=S=S=S=S=S=S=S=S=S. The second-order valence-electron chi connectivity index (χ2n) is 4.22. The van der Waals surface area contributed by atoms with Gasteiger partial charge in [0.15, 0.2) is 0 Å². The molecule has 0 rings (SSSR count). The van der Waals surface area contributed by atoms with Crippen molar-refractivity contribution in [3.8, 4) is 0 Å². The molecule has 64 heavy (non-hydrogen) atoms. The summed E-state index contributed by atoms with van der Waals surface area (Å²) < 4.78 is 0. The Morgan fingerprint density at radius 2 is 0.125 bits per heavy atom. The zero-order chi connectivity index (χ0) is 45.8. The molecule has 0 aromatic heterocycles. The Morgan fingerprint density at radius 1 is 0.0781 bits per heavy atom. The summed E-state index contributed by atoms with van der Waals surface area (Å²) in [7, 11) is 111. The van der Waals surface area contributed by atoms with Crippen LogP contribution in [-0.2, 0) is 573 Å². The highest BCUT2D eigenvalue weighted by Crippen LogP contribution is 1.47. The van der Waals surface area contributed by atoms with Crippen molar-refractivity contribution >= 4 is 573 Å². The second-order valence-corrected chi connectivity index (χ2v) is 114. The van der Waals surface area contributed by atoms with Gasteiger partial charge in [0.2, 0.25) is 0 Å². The largest absolute Gasteiger partial charge is 0 e. The number of hydrogen-bond donors (Lipinski definition) is 0. The molecule has 0 aromatic rings. The molecule has 0 spiro atoms. The monoisotopic (exact) mass is 2050 g/mol. The summed E-state index contributed by atoms with van der Waals surface area (Å²) in [5, 5.41) is 0. The van der Waals surface area contributed by atoms with Crippen molar-refractivity contribution in [1.82, 2.24) is 0 Å². The summed E-state index contributed by atoms with van der Waals surface area (Å²) in [5.74, 6) is 0. The van der Waals surface area contributed by atoms with Gasteiger partial charge in [0, 0.05) is 573 Å². The van der Waals surface area contributed by atoms with Gasteiger partial charge >= 0.3 is 0 Å². The van der Waals surface area contributed by atoms with Gasteiger partial charge in [-0.1, -0.05) is 0 Å². The maximum absolute atomic E-state index is 4.82. The van der Waals surface area contributed by atoms with E-state index in [0.29, 0.717) is 0 Å². The molecule has 0 heterocycles. The first-order chi connectivity index (χ1) is 31.9. The standard InChI is InChI=1S/S64/c1-3-5-7-9-11-13-15-17-19-21-23-25-27-29-31-33-35-37-39-41-43-45-47-49-51-53-55-57-59-61-63-64-62-60-58-56-54-52-50-48-46-44-42-40-38-36-34-32-30-28-26-24-22-20-18-16-14-12-10-8-6-4-2. The molecule has 0 aliphatic heterocycles. The van der Waals surface area contributed by atoms with Crippen molar-refractivity contribution in [3.63, 3.8) is 0 Å². The van der Waals surface area contributed by atoms with Crippen LogP contribution in [0, 0.1) is 0 Å². The molecule has 0 fully saturated rings. The Bertz CT molecular complexity index is 4340. The van der Waals surface area contributed by atoms with Gasteiger partial charge in [-0.3, -0.25) is 0 Å². The van der Waals surface area contributed by atoms with E-state index in [-0.39, 0.29) is 0 Å². The highest BCUT2D eigenvalue weighted by Gasteiger charge is 1.47. The quantitative estimate of drug-likeness (QED) is 0.332. The summed E-state index contributed by atoms with van der Waals surface area (Å²) in [6, 6.07) is 0. The third kappa shape index (κ3) is 76.1. The first kappa shape index (κ1) is 78.1. The Balaban J connectivity index is 6.12. The lowest BCUT2D eigenvalue weighted by molar-refractivity contribution is 5.95. The summed E-state index contributed by atoms with van der Waals surface area (Å²) in [5.41, 5.74) is 0. The maximum Gasteiger partial charge on any atom is 0 e. The molecule has 0 N–H and O–H groups in total. The third-order valence-corrected chi connectivity index (χ3v) is 137. The fourth-order valence-corrected chi connectivity index (χ4v) is 165. The van der Waals surface area contributed by atoms with E-state index in [4.69, 9.17) is 22.4 Å². The first-order valence-corrected chi connectivity index (χ1v) is 94.5. The molecule has 384 valence electrons. The normalized spacial score (nSPS) is 7.81. The van der Waals surface area contributed by atoms with Crippen molar-refractivity contribution in [2.24, 2.45) is 0 Å². The van der Waals surface area contributed by atoms with E-state index in [1.807, 2.05) is 426 Å². The molecular formula is S64. The zero-order valence-corrected chi connectivity index (χ0v) is 78.4. The molecule has 0 saturated carbocycles. The van der Waals surface area contributed by atoms with E-state index in [1.54, 1.807) is 107 Å². The molecule has 0 aliphatic rings. The zero-order valence-electron chi connectivity index (χ0n) is 26.1. The minimum atomic E-state index is 1.37. The predicted octanol–water partition coefficient (Wildman–Crippen LogP) is -0.154. The van der Waals surface area contributed by atoms with E-state index in [1.165, 1.54) is 17.8 Å². The molecule has 0 aliphatic carbocycles. The molecule has 0 amide bonds. The highest BCUT2D eigenvalue weighted by molar-refractivity contribution is 8.83. The van der Waals surface area contributed by atoms with Gasteiger partial charge in [0.1, 0.15) is 0 Å². The maximum atomic E-state index is 4.82. The fourth-order valence-electron chi connectivity index (χ4n) is 0.680. The van der Waals surface area contributed by atoms with Gasteiger partial charge in [0.05, 0.1) is 0 Å². The van der Waals surface area contributed by atoms with Crippen LogP contribution in [0.4, 0.5) is 0 Å². The van der Waals surface area contributed by atoms with Gasteiger partial charge < -0.3 is 0 Å². The van der Waals surface area contributed by atoms with Gasteiger partial charge in [-0.15, -0.1) is 0 Å². The van der Waals surface area contributed by atoms with E-state index < -0.39 is 0 Å². The van der Waals surface area contributed by atoms with Gasteiger partial charge in [-0.25, -0.2) is 0 Å². The molecule has 0 aromatic carbocycles. The van der Waals surface area contributed by atoms with E-state index >= 15 is 0 Å². The van der Waals surface area contributed by atoms with Crippen LogP contribution in [0.3, 0.4) is 0 Å². The summed E-state index contributed by atoms with van der Waals surface area (Å²) in [6.07, 6.45) is 0. The molecule has 0 atom stereocenters. The summed E-state index contributed by atoms with van der Waals surface area (Å²) >= 11 is 9.64. The first-order valence-electron chi connectivity index (χ1n) is 10.5. The van der Waals surface area contributed by atoms with E-state index in [0.717, 1.165) is 0 Å². The van der Waals surface area contributed by atoms with Crippen LogP contribution in [0.15, 0.2) is 0 Å². The third-order valence-electron chi connectivity index (χ3n) is 1.69. The molecule has 0 bridgehead atoms. The van der Waals surface area contributed by atoms with Crippen LogP contribution in [0.1, 0.15) is 0 Å². The second kappa shape index (κ2) is 77.1. The Hall–Kier alpha value is 14.1. The van der Waals surface area contributed by atoms with Gasteiger partial charge in [0.25, 0.3) is 0 Å². The Kier molecular flexibility index (Phi) is 94.0. The van der Waals surface area contributed by atoms with Crippen molar-refractivity contribution in [3.05, 3.63) is 0 Å². The molecule has 64 heteroatoms. The van der Waals surface area contributed by atoms with Crippen molar-refractivity contribution in [1.29, 1.82) is 0 Å². The van der Waals surface area contributed by atoms with Crippen LogP contribution in [0.2, 0.25) is 0 Å². The van der Waals surface area contributed by atoms with Crippen LogP contribution in [0.25, 0.3) is 0 Å². The van der Waals surface area contributed by atoms with E-state index in [9.17, 15) is 0 Å². The summed E-state index contributed by atoms with van der Waals surface area (Å²) in [6.45, 7) is 0. The lowest BCUT2D eigenvalue weighted by atomic mass is 30.7. The highest BCUT2D eigenvalue weighted by atomic mass is 33.5. The minimum absolute atomic E-state index is 1.37. The fraction of sp³-hybridized carbons (Fsp3) is 0. The average molecular weight is 2050 g/mol. The Labute approximate surface area is 555 Å². The molecular weight excluding hydrogens is 2050 g/mol. The van der Waals surface area contributed by atoms with Crippen molar-refractivity contribution in [2.45, 2.75) is 0 Å². The molecule has 0 unspecified atom stereocenters. The van der Waals surface area contributed by atoms with E-state index in [2.05, 4.69) is 0 Å². The van der Waals surface area contributed by atoms with Crippen LogP contribution < -0.4 is 0 Å². The number of hydrogen-bond acceptors (Lipinski definition) is 2. The predicted molar refractivity (Wildman–Crippen MR) is 471 cm³/mol. The van der Waals surface area contributed by atoms with Crippen LogP contribution in [-0.4, -0.2) is 0 Å². The molecule has 0 nitrogen and oxygen atoms in total. The van der Waals surface area contributed by atoms with Crippen molar-refractivity contribution in [2.75, 3.05) is 0 Å². The molecule has 0 radical (unpaired) electrons. The Morgan fingerprint density at radius 3 is 0.172 bits per heavy atom. The number of rotatable bonds is 0. The van der Waals surface area contributed by atoms with Crippen LogP contribution in [0.5, 0.6) is 0 Å². The smallest absolute Gasteiger partial charge is 0 e. The van der Waals surface area contributed by atoms with Gasteiger partial charge in [-0.2, -0.15) is 0 Å². The minimum Gasteiger partial charge on any atom is 0 e. The summed E-state index contributed by atoms with van der Waals surface area (Å²) in [4.78, 5) is 0. The van der Waals surface area contributed by atoms with Gasteiger partial charge in [-0.05, 0) is 0 Å². The lowest BCUT2D eigenvalue weighted by Gasteiger charge is -1.41.